The summed E-state index contributed by atoms with van der Waals surface area (Å²) in [5, 5.41) is 1.53. The maximum Gasteiger partial charge on any atom is 0.266 e. The first-order valence-electron chi connectivity index (χ1n) is 10.4. The molecule has 4 aromatic rings. The molecule has 1 amide bonds. The van der Waals surface area contributed by atoms with E-state index in [9.17, 15) is 9.59 Å². The van der Waals surface area contributed by atoms with Crippen molar-refractivity contribution < 1.29 is 4.79 Å². The summed E-state index contributed by atoms with van der Waals surface area (Å²) in [6.45, 7) is 1.31. The Labute approximate surface area is 194 Å². The van der Waals surface area contributed by atoms with Crippen LogP contribution < -0.4 is 5.56 Å². The van der Waals surface area contributed by atoms with Crippen molar-refractivity contribution in [3.63, 3.8) is 0 Å². The molecule has 32 heavy (non-hydrogen) atoms. The van der Waals surface area contributed by atoms with Crippen LogP contribution in [0.3, 0.4) is 0 Å². The molecule has 1 aromatic heterocycles. The van der Waals surface area contributed by atoms with Gasteiger partial charge in [0.05, 0.1) is 22.3 Å². The van der Waals surface area contributed by atoms with E-state index in [4.69, 9.17) is 16.6 Å². The van der Waals surface area contributed by atoms with E-state index in [1.165, 1.54) is 27.5 Å². The van der Waals surface area contributed by atoms with E-state index in [0.29, 0.717) is 39.9 Å². The smallest absolute Gasteiger partial charge is 0.266 e. The molecule has 0 unspecified atom stereocenters. The topological polar surface area (TPSA) is 55.2 Å². The molecule has 1 aliphatic rings. The first-order chi connectivity index (χ1) is 15.6. The van der Waals surface area contributed by atoms with Crippen LogP contribution in [0.15, 0.2) is 82.7 Å². The summed E-state index contributed by atoms with van der Waals surface area (Å²) in [5.41, 5.74) is 3.55. The number of fused-ring (bicyclic) bond motifs is 2. The first kappa shape index (κ1) is 20.8. The minimum atomic E-state index is -0.181. The Bertz CT molecular complexity index is 1390. The lowest BCUT2D eigenvalue weighted by Crippen LogP contribution is -2.37. The van der Waals surface area contributed by atoms with Gasteiger partial charge in [0, 0.05) is 18.1 Å². The number of rotatable bonds is 4. The lowest BCUT2D eigenvalue weighted by atomic mass is 10.00. The molecule has 0 N–H and O–H groups in total. The van der Waals surface area contributed by atoms with E-state index in [-0.39, 0.29) is 17.2 Å². The predicted molar refractivity (Wildman–Crippen MR) is 129 cm³/mol. The van der Waals surface area contributed by atoms with Gasteiger partial charge >= 0.3 is 0 Å². The number of carbonyl (C=O) groups excluding carboxylic acids is 1. The van der Waals surface area contributed by atoms with Crippen LogP contribution in [0.4, 0.5) is 0 Å². The van der Waals surface area contributed by atoms with Crippen molar-refractivity contribution in [1.82, 2.24) is 14.5 Å². The summed E-state index contributed by atoms with van der Waals surface area (Å²) in [6, 6.07) is 22.6. The maximum atomic E-state index is 13.3. The molecule has 160 valence electrons. The molecule has 5 rings (SSSR count). The Morgan fingerprint density at radius 3 is 2.62 bits per heavy atom. The lowest BCUT2D eigenvalue weighted by molar-refractivity contribution is -0.129. The molecule has 3 aromatic carbocycles. The summed E-state index contributed by atoms with van der Waals surface area (Å²) < 4.78 is 1.54. The lowest BCUT2D eigenvalue weighted by Gasteiger charge is -2.28. The Morgan fingerprint density at radius 2 is 1.78 bits per heavy atom. The maximum absolute atomic E-state index is 13.3. The first-order valence-corrected chi connectivity index (χ1v) is 11.7. The van der Waals surface area contributed by atoms with Crippen LogP contribution in [0.5, 0.6) is 0 Å². The van der Waals surface area contributed by atoms with E-state index >= 15 is 0 Å². The fourth-order valence-electron chi connectivity index (χ4n) is 3.98. The number of para-hydroxylation sites is 1. The number of carbonyl (C=O) groups is 1. The number of amides is 1. The van der Waals surface area contributed by atoms with Crippen molar-refractivity contribution in [2.24, 2.45) is 0 Å². The summed E-state index contributed by atoms with van der Waals surface area (Å²) in [7, 11) is 0. The van der Waals surface area contributed by atoms with Crippen molar-refractivity contribution in [1.29, 1.82) is 0 Å². The van der Waals surface area contributed by atoms with Gasteiger partial charge in [-0.2, -0.15) is 0 Å². The highest BCUT2D eigenvalue weighted by atomic mass is 35.5. The van der Waals surface area contributed by atoms with Gasteiger partial charge in [-0.1, -0.05) is 65.8 Å². The van der Waals surface area contributed by atoms with Gasteiger partial charge in [-0.05, 0) is 47.9 Å². The zero-order valence-corrected chi connectivity index (χ0v) is 18.8. The number of nitrogens with zero attached hydrogens (tertiary/aromatic N) is 3. The van der Waals surface area contributed by atoms with Crippen molar-refractivity contribution in [3.05, 3.63) is 99.3 Å². The van der Waals surface area contributed by atoms with Crippen LogP contribution in [0.2, 0.25) is 5.02 Å². The molecule has 0 radical (unpaired) electrons. The van der Waals surface area contributed by atoms with Crippen LogP contribution in [-0.4, -0.2) is 32.7 Å². The Balaban J connectivity index is 1.45. The average Bonchev–Trinajstić information content (AvgIpc) is 2.82. The van der Waals surface area contributed by atoms with Crippen LogP contribution in [0.25, 0.3) is 16.6 Å². The molecule has 0 spiro atoms. The minimum absolute atomic E-state index is 0.0320. The number of halogens is 1. The second-order valence-electron chi connectivity index (χ2n) is 7.65. The Hall–Kier alpha value is -3.09. The highest BCUT2D eigenvalue weighted by Crippen LogP contribution is 2.25. The molecular weight excluding hydrogens is 442 g/mol. The predicted octanol–water partition coefficient (Wildman–Crippen LogP) is 4.72. The molecular formula is C25H20ClN3O2S. The van der Waals surface area contributed by atoms with Gasteiger partial charge < -0.3 is 4.90 Å². The zero-order chi connectivity index (χ0) is 22.1. The fraction of sp³-hybridized carbons (Fsp3) is 0.160. The standard InChI is InChI=1S/C25H20ClN3O2S/c26-19-8-5-9-20(14-19)29-24(31)21-10-3-4-11-22(21)27-25(29)32-16-23(30)28-13-12-17-6-1-2-7-18(17)15-28/h1-11,14H,12-13,15-16H2. The minimum Gasteiger partial charge on any atom is -0.337 e. The Kier molecular flexibility index (Phi) is 5.72. The molecule has 0 atom stereocenters. The van der Waals surface area contributed by atoms with Gasteiger partial charge in [0.2, 0.25) is 5.91 Å². The van der Waals surface area contributed by atoms with Crippen molar-refractivity contribution in [2.75, 3.05) is 12.3 Å². The largest absolute Gasteiger partial charge is 0.337 e. The molecule has 0 bridgehead atoms. The molecule has 0 saturated carbocycles. The summed E-state index contributed by atoms with van der Waals surface area (Å²) >= 11 is 7.46. The number of aromatic nitrogens is 2. The number of thioether (sulfide) groups is 1. The van der Waals surface area contributed by atoms with Gasteiger partial charge in [-0.25, -0.2) is 4.98 Å². The SMILES string of the molecule is O=C(CSc1nc2ccccc2c(=O)n1-c1cccc(Cl)c1)N1CCc2ccccc2C1. The number of hydrogen-bond acceptors (Lipinski definition) is 4. The monoisotopic (exact) mass is 461 g/mol. The van der Waals surface area contributed by atoms with Crippen LogP contribution in [-0.2, 0) is 17.8 Å². The third kappa shape index (κ3) is 4.04. The summed E-state index contributed by atoms with van der Waals surface area (Å²) in [4.78, 5) is 32.9. The van der Waals surface area contributed by atoms with E-state index in [1.807, 2.05) is 41.3 Å². The third-order valence-electron chi connectivity index (χ3n) is 5.62. The highest BCUT2D eigenvalue weighted by Gasteiger charge is 2.22. The zero-order valence-electron chi connectivity index (χ0n) is 17.2. The van der Waals surface area contributed by atoms with Crippen LogP contribution in [0.1, 0.15) is 11.1 Å². The normalized spacial score (nSPS) is 13.2. The second kappa shape index (κ2) is 8.81. The van der Waals surface area contributed by atoms with E-state index in [1.54, 1.807) is 24.3 Å². The molecule has 1 aliphatic heterocycles. The van der Waals surface area contributed by atoms with E-state index in [2.05, 4.69) is 12.1 Å². The molecule has 7 heteroatoms. The van der Waals surface area contributed by atoms with E-state index in [0.717, 1.165) is 6.42 Å². The van der Waals surface area contributed by atoms with Crippen LogP contribution in [0, 0.1) is 0 Å². The molecule has 2 heterocycles. The van der Waals surface area contributed by atoms with Crippen molar-refractivity contribution in [3.8, 4) is 5.69 Å². The van der Waals surface area contributed by atoms with E-state index < -0.39 is 0 Å². The number of hydrogen-bond donors (Lipinski definition) is 0. The van der Waals surface area contributed by atoms with Gasteiger partial charge in [0.15, 0.2) is 5.16 Å². The van der Waals surface area contributed by atoms with Crippen LogP contribution >= 0.6 is 23.4 Å². The van der Waals surface area contributed by atoms with Crippen molar-refractivity contribution in [2.45, 2.75) is 18.1 Å². The number of benzene rings is 3. The summed E-state index contributed by atoms with van der Waals surface area (Å²) in [6.07, 6.45) is 0.855. The third-order valence-corrected chi connectivity index (χ3v) is 6.78. The fourth-order valence-corrected chi connectivity index (χ4v) is 5.08. The van der Waals surface area contributed by atoms with Gasteiger partial charge in [0.1, 0.15) is 0 Å². The van der Waals surface area contributed by atoms with Gasteiger partial charge in [0.25, 0.3) is 5.56 Å². The highest BCUT2D eigenvalue weighted by molar-refractivity contribution is 7.99. The van der Waals surface area contributed by atoms with Gasteiger partial charge in [-0.15, -0.1) is 0 Å². The Morgan fingerprint density at radius 1 is 1.00 bits per heavy atom. The molecule has 0 fully saturated rings. The molecule has 0 saturated heterocycles. The molecule has 0 aliphatic carbocycles. The quantitative estimate of drug-likeness (QED) is 0.326. The second-order valence-corrected chi connectivity index (χ2v) is 9.03. The summed E-state index contributed by atoms with van der Waals surface area (Å²) in [5.74, 6) is 0.234. The average molecular weight is 462 g/mol. The van der Waals surface area contributed by atoms with Crippen molar-refractivity contribution >= 4 is 40.2 Å². The van der Waals surface area contributed by atoms with Gasteiger partial charge in [-0.3, -0.25) is 14.2 Å². The molecule has 5 nitrogen and oxygen atoms in total.